The van der Waals surface area contributed by atoms with Gasteiger partial charge in [-0.25, -0.2) is 0 Å². The predicted octanol–water partition coefficient (Wildman–Crippen LogP) is 2.54. The fourth-order valence-corrected chi connectivity index (χ4v) is 3.87. The predicted molar refractivity (Wildman–Crippen MR) is 95.7 cm³/mol. The number of phenols is 1. The van der Waals surface area contributed by atoms with E-state index in [1.165, 1.54) is 31.0 Å². The van der Waals surface area contributed by atoms with Gasteiger partial charge in [0.1, 0.15) is 5.75 Å². The molecule has 25 heavy (non-hydrogen) atoms. The van der Waals surface area contributed by atoms with E-state index in [0.717, 1.165) is 12.1 Å². The number of thioether (sulfide) groups is 1. The molecule has 134 valence electrons. The van der Waals surface area contributed by atoms with Gasteiger partial charge in [0.25, 0.3) is 0 Å². The summed E-state index contributed by atoms with van der Waals surface area (Å²) in [5.74, 6) is 0.724. The molecule has 0 radical (unpaired) electrons. The van der Waals surface area contributed by atoms with Crippen molar-refractivity contribution < 1.29 is 9.90 Å². The standard InChI is InChI=1S/C17H23N5O2S/c1-11-5-3-4-6-15(11)18-16(24)12(2)25-17-19-20-21-22(17)13-7-9-14(23)10-8-13/h7-12,15,23H,3-6H2,1-2H3,(H,18,24)/t11-,12-,15+/m0/s1. The zero-order valence-electron chi connectivity index (χ0n) is 14.4. The Balaban J connectivity index is 1.65. The molecule has 0 bridgehead atoms. The molecule has 0 unspecified atom stereocenters. The second-order valence-electron chi connectivity index (χ2n) is 6.53. The third kappa shape index (κ3) is 4.31. The van der Waals surface area contributed by atoms with Crippen LogP contribution >= 0.6 is 11.8 Å². The summed E-state index contributed by atoms with van der Waals surface area (Å²) in [6.07, 6.45) is 4.65. The Morgan fingerprint density at radius 1 is 1.32 bits per heavy atom. The van der Waals surface area contributed by atoms with Crippen molar-refractivity contribution in [2.24, 2.45) is 5.92 Å². The lowest BCUT2D eigenvalue weighted by Gasteiger charge is -2.30. The number of nitrogens with one attached hydrogen (secondary N) is 1. The van der Waals surface area contributed by atoms with Gasteiger partial charge in [-0.1, -0.05) is 31.5 Å². The van der Waals surface area contributed by atoms with Crippen LogP contribution in [0.5, 0.6) is 5.75 Å². The van der Waals surface area contributed by atoms with Crippen LogP contribution in [0, 0.1) is 5.92 Å². The lowest BCUT2D eigenvalue weighted by molar-refractivity contribution is -0.121. The fraction of sp³-hybridized carbons (Fsp3) is 0.529. The Bertz CT molecular complexity index is 718. The normalized spacial score (nSPS) is 21.7. The van der Waals surface area contributed by atoms with Gasteiger partial charge in [-0.15, -0.1) is 5.10 Å². The Morgan fingerprint density at radius 3 is 2.76 bits per heavy atom. The van der Waals surface area contributed by atoms with Gasteiger partial charge in [-0.05, 0) is 60.4 Å². The summed E-state index contributed by atoms with van der Waals surface area (Å²) in [6.45, 7) is 4.07. The van der Waals surface area contributed by atoms with Crippen molar-refractivity contribution in [2.45, 2.75) is 56.0 Å². The third-order valence-corrected chi connectivity index (χ3v) is 5.66. The number of phenolic OH excluding ortho intramolecular Hbond substituents is 1. The minimum atomic E-state index is -0.295. The largest absolute Gasteiger partial charge is 0.508 e. The highest BCUT2D eigenvalue weighted by molar-refractivity contribution is 8.00. The highest BCUT2D eigenvalue weighted by Gasteiger charge is 2.26. The molecule has 2 aromatic rings. The molecule has 8 heteroatoms. The van der Waals surface area contributed by atoms with Crippen LogP contribution in [-0.4, -0.2) is 42.5 Å². The first-order valence-electron chi connectivity index (χ1n) is 8.59. The van der Waals surface area contributed by atoms with Crippen LogP contribution in [0.1, 0.15) is 39.5 Å². The summed E-state index contributed by atoms with van der Waals surface area (Å²) >= 11 is 1.33. The van der Waals surface area contributed by atoms with Crippen molar-refractivity contribution in [1.29, 1.82) is 0 Å². The summed E-state index contributed by atoms with van der Waals surface area (Å²) in [7, 11) is 0. The van der Waals surface area contributed by atoms with Crippen LogP contribution in [-0.2, 0) is 4.79 Å². The van der Waals surface area contributed by atoms with E-state index in [9.17, 15) is 9.90 Å². The lowest BCUT2D eigenvalue weighted by Crippen LogP contribution is -2.44. The molecular weight excluding hydrogens is 338 g/mol. The van der Waals surface area contributed by atoms with Crippen molar-refractivity contribution in [1.82, 2.24) is 25.5 Å². The fourth-order valence-electron chi connectivity index (χ4n) is 3.05. The first kappa shape index (κ1) is 17.7. The number of hydrogen-bond donors (Lipinski definition) is 2. The van der Waals surface area contributed by atoms with Crippen LogP contribution < -0.4 is 5.32 Å². The number of benzene rings is 1. The number of carbonyl (C=O) groups excluding carboxylic acids is 1. The van der Waals surface area contributed by atoms with Crippen molar-refractivity contribution in [3.05, 3.63) is 24.3 Å². The maximum Gasteiger partial charge on any atom is 0.233 e. The Labute approximate surface area is 151 Å². The van der Waals surface area contributed by atoms with E-state index in [4.69, 9.17) is 0 Å². The molecule has 1 aromatic carbocycles. The Morgan fingerprint density at radius 2 is 2.04 bits per heavy atom. The van der Waals surface area contributed by atoms with Crippen molar-refractivity contribution >= 4 is 17.7 Å². The summed E-state index contributed by atoms with van der Waals surface area (Å²) in [6, 6.07) is 6.87. The Kier molecular flexibility index (Phi) is 5.57. The number of tetrazole rings is 1. The van der Waals surface area contributed by atoms with Gasteiger partial charge in [0.15, 0.2) is 0 Å². The van der Waals surface area contributed by atoms with Crippen LogP contribution in [0.4, 0.5) is 0 Å². The van der Waals surface area contributed by atoms with Gasteiger partial charge in [-0.2, -0.15) is 4.68 Å². The van der Waals surface area contributed by atoms with Gasteiger partial charge in [0.05, 0.1) is 10.9 Å². The summed E-state index contributed by atoms with van der Waals surface area (Å²) in [5, 5.41) is 24.5. The second-order valence-corrected chi connectivity index (χ2v) is 7.83. The smallest absolute Gasteiger partial charge is 0.233 e. The third-order valence-electron chi connectivity index (χ3n) is 4.63. The van der Waals surface area contributed by atoms with Crippen molar-refractivity contribution in [3.63, 3.8) is 0 Å². The number of amides is 1. The molecule has 7 nitrogen and oxygen atoms in total. The van der Waals surface area contributed by atoms with Crippen LogP contribution in [0.2, 0.25) is 0 Å². The average Bonchev–Trinajstić information content (AvgIpc) is 3.05. The minimum absolute atomic E-state index is 0.0176. The molecule has 1 aliphatic carbocycles. The molecule has 3 rings (SSSR count). The number of aromatic hydroxyl groups is 1. The molecule has 1 heterocycles. The van der Waals surface area contributed by atoms with Crippen molar-refractivity contribution in [3.8, 4) is 11.4 Å². The average molecular weight is 361 g/mol. The van der Waals surface area contributed by atoms with Gasteiger partial charge >= 0.3 is 0 Å². The monoisotopic (exact) mass is 361 g/mol. The molecule has 1 aromatic heterocycles. The maximum atomic E-state index is 12.5. The van der Waals surface area contributed by atoms with Gasteiger partial charge in [0, 0.05) is 6.04 Å². The zero-order valence-corrected chi connectivity index (χ0v) is 15.2. The van der Waals surface area contributed by atoms with Gasteiger partial charge < -0.3 is 10.4 Å². The molecule has 0 saturated heterocycles. The first-order chi connectivity index (χ1) is 12.0. The van der Waals surface area contributed by atoms with Crippen LogP contribution in [0.25, 0.3) is 5.69 Å². The molecule has 0 spiro atoms. The lowest BCUT2D eigenvalue weighted by atomic mass is 9.86. The quantitative estimate of drug-likeness (QED) is 0.795. The number of aromatic nitrogens is 4. The summed E-state index contributed by atoms with van der Waals surface area (Å²) in [4.78, 5) is 12.5. The molecular formula is C17H23N5O2S. The number of nitrogens with zero attached hydrogens (tertiary/aromatic N) is 4. The number of hydrogen-bond acceptors (Lipinski definition) is 6. The zero-order chi connectivity index (χ0) is 17.8. The van der Waals surface area contributed by atoms with E-state index in [-0.39, 0.29) is 22.9 Å². The summed E-state index contributed by atoms with van der Waals surface area (Å²) in [5.41, 5.74) is 0.735. The van der Waals surface area contributed by atoms with Crippen molar-refractivity contribution in [2.75, 3.05) is 0 Å². The van der Waals surface area contributed by atoms with Gasteiger partial charge in [-0.3, -0.25) is 4.79 Å². The van der Waals surface area contributed by atoms with E-state index in [1.54, 1.807) is 28.9 Å². The Hall–Kier alpha value is -2.09. The van der Waals surface area contributed by atoms with Gasteiger partial charge in [0.2, 0.25) is 11.1 Å². The first-order valence-corrected chi connectivity index (χ1v) is 9.47. The van der Waals surface area contributed by atoms with E-state index in [2.05, 4.69) is 27.8 Å². The minimum Gasteiger partial charge on any atom is -0.508 e. The number of rotatable bonds is 5. The van der Waals surface area contributed by atoms with Crippen LogP contribution in [0.15, 0.2) is 29.4 Å². The van der Waals surface area contributed by atoms with E-state index in [1.807, 2.05) is 6.92 Å². The molecule has 2 N–H and O–H groups in total. The van der Waals surface area contributed by atoms with E-state index < -0.39 is 0 Å². The second kappa shape index (κ2) is 7.86. The molecule has 1 amide bonds. The number of carbonyl (C=O) groups is 1. The summed E-state index contributed by atoms with van der Waals surface area (Å²) < 4.78 is 1.57. The molecule has 1 fully saturated rings. The topological polar surface area (TPSA) is 92.9 Å². The highest BCUT2D eigenvalue weighted by atomic mass is 32.2. The SMILES string of the molecule is C[C@H](Sc1nnnn1-c1ccc(O)cc1)C(=O)N[C@@H]1CCCC[C@@H]1C. The maximum absolute atomic E-state index is 12.5. The van der Waals surface area contributed by atoms with Crippen LogP contribution in [0.3, 0.4) is 0 Å². The van der Waals surface area contributed by atoms with E-state index in [0.29, 0.717) is 11.1 Å². The van der Waals surface area contributed by atoms with E-state index >= 15 is 0 Å². The molecule has 0 aliphatic heterocycles. The highest BCUT2D eigenvalue weighted by Crippen LogP contribution is 2.26. The molecule has 1 aliphatic rings. The molecule has 1 saturated carbocycles. The molecule has 3 atom stereocenters.